The van der Waals surface area contributed by atoms with E-state index in [-0.39, 0.29) is 5.41 Å². The molecule has 6 heteroatoms. The lowest BCUT2D eigenvalue weighted by molar-refractivity contribution is 0.563. The van der Waals surface area contributed by atoms with Crippen LogP contribution in [0.1, 0.15) is 26.5 Å². The second kappa shape index (κ2) is 4.59. The summed E-state index contributed by atoms with van der Waals surface area (Å²) in [7, 11) is 1.93. The second-order valence-corrected chi connectivity index (χ2v) is 6.37. The van der Waals surface area contributed by atoms with Crippen LogP contribution in [0.25, 0.3) is 11.6 Å². The second-order valence-electron chi connectivity index (χ2n) is 5.19. The lowest BCUT2D eigenvalue weighted by atomic mass is 9.92. The molecule has 0 amide bonds. The molecule has 0 saturated heterocycles. The van der Waals surface area contributed by atoms with Crippen molar-refractivity contribution in [2.45, 2.75) is 26.2 Å². The molecule has 0 aliphatic carbocycles. The Hall–Kier alpha value is -1.01. The molecule has 96 valence electrons. The van der Waals surface area contributed by atoms with Crippen molar-refractivity contribution in [3.8, 4) is 11.6 Å². The summed E-state index contributed by atoms with van der Waals surface area (Å²) in [5, 5.41) is 0. The third kappa shape index (κ3) is 2.40. The number of hydrogen-bond acceptors (Lipinski definition) is 3. The van der Waals surface area contributed by atoms with Crippen LogP contribution in [-0.2, 0) is 12.5 Å². The molecule has 2 aromatic rings. The molecule has 4 nitrogen and oxygen atoms in total. The summed E-state index contributed by atoms with van der Waals surface area (Å²) in [5.41, 5.74) is 0.982. The third-order valence-electron chi connectivity index (χ3n) is 2.65. The maximum Gasteiger partial charge on any atom is 0.175 e. The molecule has 0 bridgehead atoms. The minimum atomic E-state index is -0.0464. The van der Waals surface area contributed by atoms with Crippen LogP contribution in [0.5, 0.6) is 0 Å². The number of aryl methyl sites for hydroxylation is 1. The molecular weight excluding hydrogens is 312 g/mol. The van der Waals surface area contributed by atoms with Gasteiger partial charge in [0.1, 0.15) is 4.64 Å². The van der Waals surface area contributed by atoms with Crippen molar-refractivity contribution in [3.05, 3.63) is 27.2 Å². The molecule has 0 aliphatic rings. The van der Waals surface area contributed by atoms with E-state index in [0.717, 1.165) is 16.0 Å². The average molecular weight is 327 g/mol. The van der Waals surface area contributed by atoms with Gasteiger partial charge in [-0.1, -0.05) is 33.0 Å². The summed E-state index contributed by atoms with van der Waals surface area (Å²) in [4.78, 5) is 12.0. The molecule has 0 spiro atoms. The van der Waals surface area contributed by atoms with Gasteiger partial charge in [-0.05, 0) is 15.9 Å². The normalized spacial score (nSPS) is 11.8. The Labute approximate surface area is 120 Å². The van der Waals surface area contributed by atoms with Crippen LogP contribution in [0, 0.1) is 4.64 Å². The van der Waals surface area contributed by atoms with E-state index in [1.807, 2.05) is 17.8 Å². The number of halogens is 1. The fourth-order valence-corrected chi connectivity index (χ4v) is 2.65. The molecule has 0 saturated carbocycles. The van der Waals surface area contributed by atoms with Gasteiger partial charge in [-0.25, -0.2) is 9.97 Å². The lowest BCUT2D eigenvalue weighted by Gasteiger charge is -2.21. The minimum absolute atomic E-state index is 0.0464. The first-order valence-electron chi connectivity index (χ1n) is 5.58. The molecule has 0 fully saturated rings. The van der Waals surface area contributed by atoms with Gasteiger partial charge in [0.15, 0.2) is 11.6 Å². The molecule has 0 aliphatic heterocycles. The topological polar surface area (TPSA) is 46.5 Å². The van der Waals surface area contributed by atoms with Crippen molar-refractivity contribution >= 4 is 28.1 Å². The highest BCUT2D eigenvalue weighted by atomic mass is 79.9. The van der Waals surface area contributed by atoms with Crippen molar-refractivity contribution in [3.63, 3.8) is 0 Å². The highest BCUT2D eigenvalue weighted by Crippen LogP contribution is 2.29. The van der Waals surface area contributed by atoms with Crippen LogP contribution < -0.4 is 0 Å². The predicted octanol–water partition coefficient (Wildman–Crippen LogP) is 3.60. The van der Waals surface area contributed by atoms with Gasteiger partial charge in [-0.3, -0.25) is 0 Å². The first kappa shape index (κ1) is 13.4. The van der Waals surface area contributed by atoms with Crippen LogP contribution in [0.2, 0.25) is 0 Å². The maximum atomic E-state index is 5.30. The summed E-state index contributed by atoms with van der Waals surface area (Å²) in [5.74, 6) is 1.47. The summed E-state index contributed by atoms with van der Waals surface area (Å²) in [6, 6.07) is 0. The molecule has 2 rings (SSSR count). The Morgan fingerprint density at radius 1 is 1.39 bits per heavy atom. The van der Waals surface area contributed by atoms with E-state index >= 15 is 0 Å². The number of aromatic nitrogens is 4. The average Bonchev–Trinajstić information content (AvgIpc) is 2.66. The lowest BCUT2D eigenvalue weighted by Crippen LogP contribution is -2.16. The number of rotatable bonds is 1. The Balaban J connectivity index is 2.70. The Morgan fingerprint density at radius 2 is 2.06 bits per heavy atom. The van der Waals surface area contributed by atoms with Gasteiger partial charge in [0, 0.05) is 30.6 Å². The van der Waals surface area contributed by atoms with Crippen LogP contribution in [0.15, 0.2) is 16.9 Å². The first-order valence-corrected chi connectivity index (χ1v) is 6.79. The van der Waals surface area contributed by atoms with Gasteiger partial charge >= 0.3 is 0 Å². The zero-order valence-electron chi connectivity index (χ0n) is 10.8. The van der Waals surface area contributed by atoms with E-state index in [0.29, 0.717) is 10.5 Å². The van der Waals surface area contributed by atoms with Gasteiger partial charge in [-0.2, -0.15) is 0 Å². The summed E-state index contributed by atoms with van der Waals surface area (Å²) < 4.78 is 3.31. The summed E-state index contributed by atoms with van der Waals surface area (Å²) >= 11 is 8.81. The minimum Gasteiger partial charge on any atom is -0.339 e. The van der Waals surface area contributed by atoms with E-state index < -0.39 is 0 Å². The number of nitrogens with one attached hydrogen (secondary N) is 1. The third-order valence-corrected chi connectivity index (χ3v) is 3.98. The molecule has 0 atom stereocenters. The maximum absolute atomic E-state index is 5.30. The van der Waals surface area contributed by atoms with Crippen LogP contribution >= 0.6 is 28.1 Å². The Morgan fingerprint density at radius 3 is 2.56 bits per heavy atom. The highest BCUT2D eigenvalue weighted by Gasteiger charge is 2.21. The van der Waals surface area contributed by atoms with Crippen molar-refractivity contribution < 1.29 is 0 Å². The zero-order chi connectivity index (χ0) is 13.5. The fraction of sp³-hybridized carbons (Fsp3) is 0.417. The molecular formula is C12H15BrN4S. The Bertz CT molecular complexity index is 636. The number of hydrogen-bond donors (Lipinski definition) is 1. The van der Waals surface area contributed by atoms with Gasteiger partial charge in [0.05, 0.1) is 4.47 Å². The molecule has 0 unspecified atom stereocenters. The molecule has 0 aromatic carbocycles. The number of nitrogens with zero attached hydrogens (tertiary/aromatic N) is 3. The predicted molar refractivity (Wildman–Crippen MR) is 78.0 cm³/mol. The van der Waals surface area contributed by atoms with Gasteiger partial charge < -0.3 is 9.55 Å². The number of H-pyrrole nitrogens is 1. The van der Waals surface area contributed by atoms with E-state index in [1.165, 1.54) is 0 Å². The molecule has 18 heavy (non-hydrogen) atoms. The van der Waals surface area contributed by atoms with Crippen molar-refractivity contribution in [2.75, 3.05) is 0 Å². The Kier molecular flexibility index (Phi) is 3.42. The monoisotopic (exact) mass is 326 g/mol. The van der Waals surface area contributed by atoms with Crippen LogP contribution in [-0.4, -0.2) is 19.5 Å². The standard InChI is InChI=1S/C12H15BrN4S/c1-12(2,3)8-7(13)11(18)16-9(15-8)10-14-5-6-17(10)4/h5-6H,1-4H3,(H,15,16,18). The summed E-state index contributed by atoms with van der Waals surface area (Å²) in [6.45, 7) is 6.38. The van der Waals surface area contributed by atoms with Gasteiger partial charge in [0.2, 0.25) is 0 Å². The highest BCUT2D eigenvalue weighted by molar-refractivity contribution is 9.10. The molecule has 1 N–H and O–H groups in total. The quantitative estimate of drug-likeness (QED) is 0.814. The van der Waals surface area contributed by atoms with Gasteiger partial charge in [-0.15, -0.1) is 0 Å². The number of aromatic amines is 1. The molecule has 2 heterocycles. The smallest absolute Gasteiger partial charge is 0.175 e. The fourth-order valence-electron chi connectivity index (χ4n) is 1.68. The van der Waals surface area contributed by atoms with E-state index in [2.05, 4.69) is 51.7 Å². The number of imidazole rings is 1. The zero-order valence-corrected chi connectivity index (χ0v) is 13.2. The van der Waals surface area contributed by atoms with Crippen LogP contribution in [0.4, 0.5) is 0 Å². The van der Waals surface area contributed by atoms with Crippen molar-refractivity contribution in [1.82, 2.24) is 19.5 Å². The van der Waals surface area contributed by atoms with Gasteiger partial charge in [0.25, 0.3) is 0 Å². The summed E-state index contributed by atoms with van der Waals surface area (Å²) in [6.07, 6.45) is 3.62. The van der Waals surface area contributed by atoms with E-state index in [1.54, 1.807) is 6.20 Å². The van der Waals surface area contributed by atoms with E-state index in [9.17, 15) is 0 Å². The van der Waals surface area contributed by atoms with Crippen molar-refractivity contribution in [1.29, 1.82) is 0 Å². The largest absolute Gasteiger partial charge is 0.339 e. The SMILES string of the molecule is Cn1ccnc1-c1nc(=S)c(Br)c(C(C)(C)C)[nH]1. The van der Waals surface area contributed by atoms with Crippen molar-refractivity contribution in [2.24, 2.45) is 7.05 Å². The first-order chi connectivity index (χ1) is 8.30. The van der Waals surface area contributed by atoms with Crippen LogP contribution in [0.3, 0.4) is 0 Å². The molecule has 0 radical (unpaired) electrons. The van der Waals surface area contributed by atoms with E-state index in [4.69, 9.17) is 12.2 Å². The molecule has 2 aromatic heterocycles.